The van der Waals surface area contributed by atoms with Crippen molar-refractivity contribution in [2.75, 3.05) is 0 Å². The summed E-state index contributed by atoms with van der Waals surface area (Å²) in [6.07, 6.45) is 4.64. The maximum absolute atomic E-state index is 6.35. The molecule has 0 fully saturated rings. The molecule has 4 heteroatoms. The van der Waals surface area contributed by atoms with Crippen LogP contribution in [0.3, 0.4) is 0 Å². The van der Waals surface area contributed by atoms with Gasteiger partial charge in [-0.15, -0.1) is 0 Å². The van der Waals surface area contributed by atoms with Gasteiger partial charge in [0.25, 0.3) is 5.82 Å². The maximum Gasteiger partial charge on any atom is 0.257 e. The molecule has 0 saturated carbocycles. The first-order valence-electron chi connectivity index (χ1n) is 8.14. The van der Waals surface area contributed by atoms with Gasteiger partial charge in [0.1, 0.15) is 12.7 Å². The molecule has 0 radical (unpaired) electrons. The molecule has 2 aromatic carbocycles. The number of nitrogens with zero attached hydrogens (tertiary/aromatic N) is 2. The van der Waals surface area contributed by atoms with E-state index in [1.165, 1.54) is 34.6 Å². The minimum atomic E-state index is 0. The summed E-state index contributed by atoms with van der Waals surface area (Å²) in [4.78, 5) is 0. The Morgan fingerprint density at radius 3 is 2.58 bits per heavy atom. The molecule has 4 rings (SSSR count). The first kappa shape index (κ1) is 17.1. The summed E-state index contributed by atoms with van der Waals surface area (Å²) in [6, 6.07) is 16.9. The van der Waals surface area contributed by atoms with Crippen molar-refractivity contribution in [1.82, 2.24) is 4.57 Å². The molecule has 3 aromatic rings. The zero-order valence-electron chi connectivity index (χ0n) is 13.7. The molecule has 124 valence electrons. The Kier molecular flexibility index (Phi) is 4.98. The lowest BCUT2D eigenvalue weighted by molar-refractivity contribution is -0.694. The van der Waals surface area contributed by atoms with Gasteiger partial charge in [0.2, 0.25) is 0 Å². The quantitative estimate of drug-likeness (QED) is 0.626. The molecule has 24 heavy (non-hydrogen) atoms. The van der Waals surface area contributed by atoms with Crippen molar-refractivity contribution in [3.63, 3.8) is 0 Å². The van der Waals surface area contributed by atoms with Gasteiger partial charge in [0.05, 0.1) is 13.0 Å². The van der Waals surface area contributed by atoms with E-state index in [9.17, 15) is 0 Å². The number of hydrogen-bond acceptors (Lipinski definition) is 0. The van der Waals surface area contributed by atoms with E-state index in [0.29, 0.717) is 0 Å². The number of aromatic nitrogens is 2. The standard InChI is InChI=1S/C20H20ClN2.ClH/c1-15-8-10-16(11-9-15)19-14-22(20-7-4-12-23(19)20)13-17-5-2-3-6-18(17)21;/h2-3,5-6,8-11,14H,4,7,12-13H2,1H3;1H/q+1;/p-1. The van der Waals surface area contributed by atoms with Crippen molar-refractivity contribution in [1.29, 1.82) is 0 Å². The Bertz CT molecular complexity index is 851. The van der Waals surface area contributed by atoms with E-state index in [1.54, 1.807) is 0 Å². The predicted octanol–water partition coefficient (Wildman–Crippen LogP) is 1.40. The summed E-state index contributed by atoms with van der Waals surface area (Å²) in [5, 5.41) is 0.842. The molecule has 1 aliphatic rings. The molecule has 2 heterocycles. The molecule has 2 nitrogen and oxygen atoms in total. The highest BCUT2D eigenvalue weighted by Gasteiger charge is 2.28. The molecule has 0 aliphatic carbocycles. The van der Waals surface area contributed by atoms with Crippen LogP contribution in [0, 0.1) is 6.92 Å². The molecular weight excluding hydrogens is 339 g/mol. The van der Waals surface area contributed by atoms with Crippen molar-refractivity contribution in [3.8, 4) is 11.3 Å². The molecule has 0 N–H and O–H groups in total. The van der Waals surface area contributed by atoms with E-state index >= 15 is 0 Å². The van der Waals surface area contributed by atoms with Crippen molar-refractivity contribution in [2.24, 2.45) is 0 Å². The number of fused-ring (bicyclic) bond motifs is 1. The van der Waals surface area contributed by atoms with Crippen LogP contribution >= 0.6 is 11.6 Å². The van der Waals surface area contributed by atoms with Gasteiger partial charge < -0.3 is 12.4 Å². The Labute approximate surface area is 154 Å². The SMILES string of the molecule is Cc1ccc(-c2c[n+](Cc3ccccc3Cl)c3n2CCC3)cc1.[Cl-]. The summed E-state index contributed by atoms with van der Waals surface area (Å²) in [5.74, 6) is 1.40. The largest absolute Gasteiger partial charge is 1.00 e. The van der Waals surface area contributed by atoms with Gasteiger partial charge in [0, 0.05) is 16.1 Å². The maximum atomic E-state index is 6.35. The second-order valence-electron chi connectivity index (χ2n) is 6.27. The van der Waals surface area contributed by atoms with Crippen molar-refractivity contribution in [2.45, 2.75) is 32.9 Å². The number of hydrogen-bond donors (Lipinski definition) is 0. The lowest BCUT2D eigenvalue weighted by Crippen LogP contribution is -3.00. The normalized spacial score (nSPS) is 12.8. The minimum Gasteiger partial charge on any atom is -1.00 e. The van der Waals surface area contributed by atoms with E-state index in [1.807, 2.05) is 12.1 Å². The monoisotopic (exact) mass is 358 g/mol. The summed E-state index contributed by atoms with van der Waals surface area (Å²) in [7, 11) is 0. The average molecular weight is 359 g/mol. The van der Waals surface area contributed by atoms with Crippen LogP contribution in [0.1, 0.15) is 23.4 Å². The molecular formula is C20H20Cl2N2. The van der Waals surface area contributed by atoms with Gasteiger partial charge in [-0.1, -0.05) is 59.6 Å². The summed E-state index contributed by atoms with van der Waals surface area (Å²) in [5.41, 5.74) is 5.07. The van der Waals surface area contributed by atoms with Gasteiger partial charge in [-0.2, -0.15) is 0 Å². The highest BCUT2D eigenvalue weighted by atomic mass is 35.5. The second kappa shape index (κ2) is 7.00. The third-order valence-electron chi connectivity index (χ3n) is 4.64. The van der Waals surface area contributed by atoms with Crippen LogP contribution in [-0.4, -0.2) is 4.57 Å². The number of imidazole rings is 1. The van der Waals surface area contributed by atoms with E-state index in [4.69, 9.17) is 11.6 Å². The lowest BCUT2D eigenvalue weighted by Gasteiger charge is -2.02. The van der Waals surface area contributed by atoms with E-state index in [2.05, 4.69) is 58.7 Å². The minimum absolute atomic E-state index is 0. The highest BCUT2D eigenvalue weighted by Crippen LogP contribution is 2.25. The Hall–Kier alpha value is -1.77. The molecule has 0 unspecified atom stereocenters. The third kappa shape index (κ3) is 3.09. The van der Waals surface area contributed by atoms with E-state index in [0.717, 1.165) is 24.5 Å². The van der Waals surface area contributed by atoms with Crippen LogP contribution in [0.25, 0.3) is 11.3 Å². The Balaban J connectivity index is 0.00000169. The molecule has 0 spiro atoms. The van der Waals surface area contributed by atoms with Crippen molar-refractivity contribution < 1.29 is 17.0 Å². The predicted molar refractivity (Wildman–Crippen MR) is 93.7 cm³/mol. The lowest BCUT2D eigenvalue weighted by atomic mass is 10.1. The molecule has 0 atom stereocenters. The summed E-state index contributed by atoms with van der Waals surface area (Å²) >= 11 is 6.35. The van der Waals surface area contributed by atoms with Crippen LogP contribution in [0.4, 0.5) is 0 Å². The van der Waals surface area contributed by atoms with Crippen molar-refractivity contribution in [3.05, 3.63) is 76.7 Å². The average Bonchev–Trinajstić information content (AvgIpc) is 3.14. The summed E-state index contributed by atoms with van der Waals surface area (Å²) < 4.78 is 4.82. The topological polar surface area (TPSA) is 8.81 Å². The first-order chi connectivity index (χ1) is 11.2. The van der Waals surface area contributed by atoms with Gasteiger partial charge >= 0.3 is 0 Å². The van der Waals surface area contributed by atoms with Gasteiger partial charge in [-0.3, -0.25) is 0 Å². The van der Waals surface area contributed by atoms with E-state index in [-0.39, 0.29) is 12.4 Å². The number of halogens is 2. The first-order valence-corrected chi connectivity index (χ1v) is 8.52. The van der Waals surface area contributed by atoms with Crippen LogP contribution in [0.15, 0.2) is 54.7 Å². The molecule has 1 aliphatic heterocycles. The molecule has 0 saturated heterocycles. The number of aryl methyl sites for hydroxylation is 1. The van der Waals surface area contributed by atoms with Gasteiger partial charge in [-0.25, -0.2) is 9.13 Å². The molecule has 0 amide bonds. The molecule has 0 bridgehead atoms. The fraction of sp³-hybridized carbons (Fsp3) is 0.250. The smallest absolute Gasteiger partial charge is 0.257 e. The van der Waals surface area contributed by atoms with Gasteiger partial charge in [0.15, 0.2) is 5.69 Å². The van der Waals surface area contributed by atoms with Crippen molar-refractivity contribution >= 4 is 11.6 Å². The van der Waals surface area contributed by atoms with Crippen LogP contribution < -0.4 is 17.0 Å². The fourth-order valence-electron chi connectivity index (χ4n) is 3.41. The zero-order chi connectivity index (χ0) is 15.8. The highest BCUT2D eigenvalue weighted by molar-refractivity contribution is 6.31. The van der Waals surface area contributed by atoms with Crippen LogP contribution in [0.5, 0.6) is 0 Å². The van der Waals surface area contributed by atoms with Crippen LogP contribution in [-0.2, 0) is 19.5 Å². The molecule has 1 aromatic heterocycles. The number of rotatable bonds is 3. The fourth-order valence-corrected chi connectivity index (χ4v) is 3.61. The third-order valence-corrected chi connectivity index (χ3v) is 5.01. The van der Waals surface area contributed by atoms with E-state index < -0.39 is 0 Å². The number of benzene rings is 2. The summed E-state index contributed by atoms with van der Waals surface area (Å²) in [6.45, 7) is 4.07. The zero-order valence-corrected chi connectivity index (χ0v) is 15.2. The Morgan fingerprint density at radius 2 is 1.83 bits per heavy atom. The second-order valence-corrected chi connectivity index (χ2v) is 6.68. The Morgan fingerprint density at radius 1 is 1.08 bits per heavy atom. The van der Waals surface area contributed by atoms with Gasteiger partial charge in [-0.05, 0) is 19.4 Å². The van der Waals surface area contributed by atoms with Crippen LogP contribution in [0.2, 0.25) is 5.02 Å².